The van der Waals surface area contributed by atoms with Crippen LogP contribution in [0, 0.1) is 0 Å². The van der Waals surface area contributed by atoms with Gasteiger partial charge in [-0.1, -0.05) is 35.9 Å². The van der Waals surface area contributed by atoms with Crippen molar-refractivity contribution in [3.05, 3.63) is 71.1 Å². The van der Waals surface area contributed by atoms with Crippen LogP contribution in [-0.2, 0) is 5.75 Å². The predicted octanol–water partition coefficient (Wildman–Crippen LogP) is 5.60. The number of furan rings is 1. The fourth-order valence-corrected chi connectivity index (χ4v) is 3.78. The van der Waals surface area contributed by atoms with Crippen LogP contribution >= 0.6 is 23.4 Å². The second-order valence-corrected chi connectivity index (χ2v) is 6.64. The molecule has 0 spiro atoms. The van der Waals surface area contributed by atoms with Gasteiger partial charge in [0.2, 0.25) is 0 Å². The third-order valence-electron chi connectivity index (χ3n) is 3.71. The van der Waals surface area contributed by atoms with E-state index in [4.69, 9.17) is 20.8 Å². The number of carboxylic acid groups (broad SMARTS) is 1. The Labute approximate surface area is 154 Å². The minimum absolute atomic E-state index is 0.153. The van der Waals surface area contributed by atoms with Crippen LogP contribution in [0.1, 0.15) is 15.9 Å². The highest BCUT2D eigenvalue weighted by atomic mass is 35.5. The van der Waals surface area contributed by atoms with Crippen molar-refractivity contribution in [1.82, 2.24) is 0 Å². The summed E-state index contributed by atoms with van der Waals surface area (Å²) < 4.78 is 10.5. The highest BCUT2D eigenvalue weighted by Gasteiger charge is 2.21. The summed E-state index contributed by atoms with van der Waals surface area (Å²) in [4.78, 5) is 12.8. The summed E-state index contributed by atoms with van der Waals surface area (Å²) in [5, 5.41) is 10.4. The molecule has 0 unspecified atom stereocenters. The first kappa shape index (κ1) is 17.5. The van der Waals surface area contributed by atoms with E-state index in [0.29, 0.717) is 27.7 Å². The van der Waals surface area contributed by atoms with Gasteiger partial charge >= 0.3 is 5.97 Å². The molecule has 0 amide bonds. The maximum absolute atomic E-state index is 11.9. The summed E-state index contributed by atoms with van der Waals surface area (Å²) in [6.45, 7) is 0. The molecule has 0 fully saturated rings. The van der Waals surface area contributed by atoms with Gasteiger partial charge in [-0.15, -0.1) is 11.8 Å². The van der Waals surface area contributed by atoms with E-state index in [1.165, 1.54) is 25.1 Å². The van der Waals surface area contributed by atoms with Crippen LogP contribution in [0.15, 0.2) is 64.3 Å². The molecule has 0 aliphatic heterocycles. The maximum atomic E-state index is 11.9. The molecule has 3 aromatic rings. The van der Waals surface area contributed by atoms with Crippen LogP contribution in [0.2, 0.25) is 5.02 Å². The molecule has 1 aromatic heterocycles. The SMILES string of the molecule is COc1c(-c2ccoc2)ccc(CSc2ccccc2Cl)c1C(=O)O. The first-order chi connectivity index (χ1) is 12.1. The van der Waals surface area contributed by atoms with Gasteiger partial charge in [0.1, 0.15) is 11.3 Å². The molecule has 0 bridgehead atoms. The van der Waals surface area contributed by atoms with Crippen molar-refractivity contribution in [3.8, 4) is 16.9 Å². The third-order valence-corrected chi connectivity index (χ3v) is 5.28. The first-order valence-corrected chi connectivity index (χ1v) is 8.81. The van der Waals surface area contributed by atoms with E-state index in [9.17, 15) is 9.90 Å². The molecule has 0 saturated heterocycles. The molecule has 25 heavy (non-hydrogen) atoms. The van der Waals surface area contributed by atoms with Crippen molar-refractivity contribution in [2.45, 2.75) is 10.6 Å². The Morgan fingerprint density at radius 2 is 2.04 bits per heavy atom. The summed E-state index contributed by atoms with van der Waals surface area (Å²) in [5.41, 5.74) is 2.27. The van der Waals surface area contributed by atoms with E-state index in [2.05, 4.69) is 0 Å². The number of thioether (sulfide) groups is 1. The van der Waals surface area contributed by atoms with Crippen LogP contribution in [0.5, 0.6) is 5.75 Å². The molecule has 2 aromatic carbocycles. The van der Waals surface area contributed by atoms with Gasteiger partial charge in [-0.2, -0.15) is 0 Å². The summed E-state index contributed by atoms with van der Waals surface area (Å²) in [7, 11) is 1.47. The number of benzene rings is 2. The Balaban J connectivity index is 1.99. The van der Waals surface area contributed by atoms with Gasteiger partial charge in [-0.05, 0) is 23.8 Å². The number of hydrogen-bond donors (Lipinski definition) is 1. The van der Waals surface area contributed by atoms with Gasteiger partial charge in [-0.3, -0.25) is 0 Å². The molecule has 1 N–H and O–H groups in total. The summed E-state index contributed by atoms with van der Waals surface area (Å²) in [5.74, 6) is -0.240. The van der Waals surface area contributed by atoms with Crippen molar-refractivity contribution in [3.63, 3.8) is 0 Å². The Bertz CT molecular complexity index is 890. The van der Waals surface area contributed by atoms with Crippen LogP contribution in [0.4, 0.5) is 0 Å². The zero-order chi connectivity index (χ0) is 17.8. The van der Waals surface area contributed by atoms with Crippen LogP contribution < -0.4 is 4.74 Å². The number of rotatable bonds is 6. The predicted molar refractivity (Wildman–Crippen MR) is 98.7 cm³/mol. The second kappa shape index (κ2) is 7.68. The van der Waals surface area contributed by atoms with Gasteiger partial charge in [0.05, 0.1) is 24.7 Å². The van der Waals surface area contributed by atoms with Crippen LogP contribution in [-0.4, -0.2) is 18.2 Å². The van der Waals surface area contributed by atoms with E-state index in [1.807, 2.05) is 30.3 Å². The largest absolute Gasteiger partial charge is 0.495 e. The Hall–Kier alpha value is -2.37. The number of halogens is 1. The molecule has 128 valence electrons. The molecule has 6 heteroatoms. The fourth-order valence-electron chi connectivity index (χ4n) is 2.55. The molecule has 0 saturated carbocycles. The molecule has 0 radical (unpaired) electrons. The Morgan fingerprint density at radius 3 is 2.68 bits per heavy atom. The average Bonchev–Trinajstić information content (AvgIpc) is 3.14. The Kier molecular flexibility index (Phi) is 5.36. The molecule has 0 atom stereocenters. The van der Waals surface area contributed by atoms with E-state index in [0.717, 1.165) is 10.5 Å². The lowest BCUT2D eigenvalue weighted by Gasteiger charge is -2.14. The fraction of sp³-hybridized carbons (Fsp3) is 0.105. The summed E-state index contributed by atoms with van der Waals surface area (Å²) in [6.07, 6.45) is 3.10. The van der Waals surface area contributed by atoms with E-state index in [1.54, 1.807) is 18.4 Å². The average molecular weight is 375 g/mol. The van der Waals surface area contributed by atoms with Crippen LogP contribution in [0.3, 0.4) is 0 Å². The highest BCUT2D eigenvalue weighted by molar-refractivity contribution is 7.98. The number of carboxylic acids is 1. The topological polar surface area (TPSA) is 59.7 Å². The lowest BCUT2D eigenvalue weighted by molar-refractivity contribution is 0.0692. The molecule has 0 aliphatic rings. The lowest BCUT2D eigenvalue weighted by Crippen LogP contribution is -2.06. The van der Waals surface area contributed by atoms with Gasteiger partial charge < -0.3 is 14.3 Å². The lowest BCUT2D eigenvalue weighted by atomic mass is 9.99. The number of hydrogen-bond acceptors (Lipinski definition) is 4. The van der Waals surface area contributed by atoms with Crippen molar-refractivity contribution in [2.24, 2.45) is 0 Å². The number of methoxy groups -OCH3 is 1. The van der Waals surface area contributed by atoms with Crippen molar-refractivity contribution in [2.75, 3.05) is 7.11 Å². The van der Waals surface area contributed by atoms with Crippen molar-refractivity contribution < 1.29 is 19.1 Å². The molecule has 3 rings (SSSR count). The van der Waals surface area contributed by atoms with Crippen LogP contribution in [0.25, 0.3) is 11.1 Å². The van der Waals surface area contributed by atoms with Crippen molar-refractivity contribution >= 4 is 29.3 Å². The molecular weight excluding hydrogens is 360 g/mol. The Morgan fingerprint density at radius 1 is 1.24 bits per heavy atom. The number of carbonyl (C=O) groups is 1. The molecular formula is C19H15ClO4S. The van der Waals surface area contributed by atoms with E-state index in [-0.39, 0.29) is 5.56 Å². The molecule has 0 aliphatic carbocycles. The summed E-state index contributed by atoms with van der Waals surface area (Å²) >= 11 is 7.66. The van der Waals surface area contributed by atoms with Gasteiger partial charge in [0, 0.05) is 21.8 Å². The monoisotopic (exact) mass is 374 g/mol. The minimum atomic E-state index is -1.03. The smallest absolute Gasteiger partial charge is 0.339 e. The minimum Gasteiger partial charge on any atom is -0.495 e. The van der Waals surface area contributed by atoms with Gasteiger partial charge in [0.15, 0.2) is 0 Å². The highest BCUT2D eigenvalue weighted by Crippen LogP contribution is 2.38. The number of aromatic carboxylic acids is 1. The number of ether oxygens (including phenoxy) is 1. The first-order valence-electron chi connectivity index (χ1n) is 7.45. The third kappa shape index (κ3) is 3.67. The maximum Gasteiger partial charge on any atom is 0.339 e. The standard InChI is InChI=1S/C19H15ClO4S/c1-23-18-14(12-8-9-24-10-12)7-6-13(17(18)19(21)22)11-25-16-5-3-2-4-15(16)20/h2-10H,11H2,1H3,(H,21,22). The summed E-state index contributed by atoms with van der Waals surface area (Å²) in [6, 6.07) is 12.9. The molecule has 4 nitrogen and oxygen atoms in total. The molecule has 1 heterocycles. The van der Waals surface area contributed by atoms with Gasteiger partial charge in [0.25, 0.3) is 0 Å². The van der Waals surface area contributed by atoms with E-state index >= 15 is 0 Å². The van der Waals surface area contributed by atoms with E-state index < -0.39 is 5.97 Å². The van der Waals surface area contributed by atoms with Crippen molar-refractivity contribution in [1.29, 1.82) is 0 Å². The normalized spacial score (nSPS) is 10.6. The second-order valence-electron chi connectivity index (χ2n) is 5.22. The van der Waals surface area contributed by atoms with Gasteiger partial charge in [-0.25, -0.2) is 4.79 Å². The zero-order valence-corrected chi connectivity index (χ0v) is 14.9. The zero-order valence-electron chi connectivity index (χ0n) is 13.4. The quantitative estimate of drug-likeness (QED) is 0.569.